The number of carboxylic acids is 1. The van der Waals surface area contributed by atoms with Gasteiger partial charge in [-0.1, -0.05) is 21.6 Å². The summed E-state index contributed by atoms with van der Waals surface area (Å²) in [6, 6.07) is 0. The van der Waals surface area contributed by atoms with Gasteiger partial charge in [0.15, 0.2) is 12.3 Å². The van der Waals surface area contributed by atoms with Crippen molar-refractivity contribution in [3.05, 3.63) is 0 Å². The number of aliphatic carboxylic acids is 1. The molecule has 3 amide bonds. The van der Waals surface area contributed by atoms with E-state index in [-0.39, 0.29) is 39.6 Å². The molecule has 0 radical (unpaired) electrons. The van der Waals surface area contributed by atoms with E-state index in [1.165, 1.54) is 21.6 Å². The Kier molecular flexibility index (Phi) is 28.7. The van der Waals surface area contributed by atoms with Crippen molar-refractivity contribution >= 4 is 63.7 Å². The summed E-state index contributed by atoms with van der Waals surface area (Å²) in [5.41, 5.74) is -4.58. The summed E-state index contributed by atoms with van der Waals surface area (Å²) in [6.45, 7) is 28.9. The minimum absolute atomic E-state index is 0.108. The number of nitrogens with one attached hydrogen (secondary N) is 7. The molecule has 0 fully saturated rings. The van der Waals surface area contributed by atoms with Crippen molar-refractivity contribution in [3.8, 4) is 0 Å². The Morgan fingerprint density at radius 2 is 1.03 bits per heavy atom. The fourth-order valence-corrected chi connectivity index (χ4v) is 6.95. The van der Waals surface area contributed by atoms with Crippen LogP contribution in [-0.2, 0) is 57.2 Å². The van der Waals surface area contributed by atoms with Crippen molar-refractivity contribution in [1.29, 1.82) is 0 Å². The number of rotatable bonds is 29. The summed E-state index contributed by atoms with van der Waals surface area (Å²) in [4.78, 5) is 96.4. The summed E-state index contributed by atoms with van der Waals surface area (Å²) in [7, 11) is 3.05. The first-order valence-corrected chi connectivity index (χ1v) is 25.7. The highest BCUT2D eigenvalue weighted by molar-refractivity contribution is 8.76. The minimum atomic E-state index is -2.10. The van der Waals surface area contributed by atoms with Crippen molar-refractivity contribution < 1.29 is 76.7 Å². The molecule has 0 aromatic heterocycles. The first-order chi connectivity index (χ1) is 32.2. The van der Waals surface area contributed by atoms with Gasteiger partial charge in [0.1, 0.15) is 46.9 Å². The van der Waals surface area contributed by atoms with Gasteiger partial charge in [0.05, 0.1) is 19.9 Å². The summed E-state index contributed by atoms with van der Waals surface area (Å²) in [5, 5.41) is 26.3. The molecule has 0 aliphatic carbocycles. The molecule has 71 heavy (non-hydrogen) atoms. The first kappa shape index (κ1) is 67.1. The first-order valence-electron chi connectivity index (χ1n) is 23.2. The average Bonchev–Trinajstić information content (AvgIpc) is 3.14. The van der Waals surface area contributed by atoms with E-state index < -0.39 is 100 Å². The van der Waals surface area contributed by atoms with Crippen molar-refractivity contribution in [2.24, 2.45) is 0 Å². The van der Waals surface area contributed by atoms with Gasteiger partial charge < -0.3 is 48.9 Å². The van der Waals surface area contributed by atoms with Gasteiger partial charge in [-0.05, 0) is 131 Å². The molecule has 8 N–H and O–H groups in total. The maximum absolute atomic E-state index is 13.7. The molecule has 0 saturated heterocycles. The molecule has 0 aromatic carbocycles. The van der Waals surface area contributed by atoms with Crippen molar-refractivity contribution in [2.75, 3.05) is 57.8 Å². The quantitative estimate of drug-likeness (QED) is 0.0126. The highest BCUT2D eigenvalue weighted by Gasteiger charge is 2.44. The van der Waals surface area contributed by atoms with E-state index in [2.05, 4.69) is 37.4 Å². The second kappa shape index (κ2) is 30.3. The number of carboxylic acid groups (broad SMARTS) is 1. The van der Waals surface area contributed by atoms with Gasteiger partial charge >= 0.3 is 42.2 Å². The number of carbonyl (C=O) groups excluding carboxylic acids is 6. The number of alkyl carbamates (subject to hydrolysis) is 2. The van der Waals surface area contributed by atoms with E-state index in [9.17, 15) is 38.7 Å². The Labute approximate surface area is 428 Å². The zero-order valence-electron chi connectivity index (χ0n) is 45.3. The molecule has 0 aromatic rings. The van der Waals surface area contributed by atoms with Crippen LogP contribution < -0.4 is 37.4 Å². The smallest absolute Gasteiger partial charge is 0.412 e. The third-order valence-electron chi connectivity index (χ3n) is 7.53. The number of hydrogen-bond donors (Lipinski definition) is 8. The maximum Gasteiger partial charge on any atom is 0.412 e. The highest BCUT2D eigenvalue weighted by atomic mass is 33.1. The van der Waals surface area contributed by atoms with Crippen LogP contribution in [0, 0.1) is 0 Å². The number of hydroxylamine groups is 1. The molecule has 0 spiro atoms. The van der Waals surface area contributed by atoms with E-state index in [1.54, 1.807) is 125 Å². The SMILES string of the molecule is CC(C)(C)OC(=O)NCNC(CCNC(NCCSSCCCONC(NCN(CNC(=O)OC(C)(C)C)C(=O)OC(C)(C)C)C(=O)OC(C)(C)C)C(=O)OC(C)(C)C)(OCC(=O)O)C(=O)OC(C)(C)C. The van der Waals surface area contributed by atoms with Crippen LogP contribution in [0.15, 0.2) is 0 Å². The van der Waals surface area contributed by atoms with Gasteiger partial charge in [-0.3, -0.25) is 31.0 Å². The molecule has 0 aliphatic heterocycles. The van der Waals surface area contributed by atoms with Crippen molar-refractivity contribution in [2.45, 2.75) is 189 Å². The molecule has 0 heterocycles. The summed E-state index contributed by atoms with van der Waals surface area (Å²) >= 11 is 0. The topological polar surface area (TPSA) is 301 Å². The van der Waals surface area contributed by atoms with E-state index in [4.69, 9.17) is 38.0 Å². The zero-order valence-corrected chi connectivity index (χ0v) is 46.9. The number of ether oxygens (including phenoxy) is 7. The van der Waals surface area contributed by atoms with E-state index >= 15 is 0 Å². The predicted octanol–water partition coefficient (Wildman–Crippen LogP) is 4.66. The van der Waals surface area contributed by atoms with Gasteiger partial charge in [0.2, 0.25) is 5.72 Å². The fraction of sp³-hybridized carbons (Fsp3) is 0.844. The van der Waals surface area contributed by atoms with E-state index in [0.717, 1.165) is 4.90 Å². The molecule has 3 atom stereocenters. The van der Waals surface area contributed by atoms with Crippen LogP contribution in [0.5, 0.6) is 0 Å². The molecule has 0 aliphatic rings. The van der Waals surface area contributed by atoms with Gasteiger partial charge in [0.25, 0.3) is 0 Å². The van der Waals surface area contributed by atoms with Crippen LogP contribution in [0.1, 0.15) is 137 Å². The van der Waals surface area contributed by atoms with Crippen LogP contribution in [0.2, 0.25) is 0 Å². The molecule has 0 bridgehead atoms. The zero-order chi connectivity index (χ0) is 55.1. The molecular weight excluding hydrogens is 973 g/mol. The van der Waals surface area contributed by atoms with E-state index in [1.807, 2.05) is 0 Å². The van der Waals surface area contributed by atoms with Crippen LogP contribution in [-0.4, -0.2) is 162 Å². The second-order valence-electron chi connectivity index (χ2n) is 21.8. The maximum atomic E-state index is 13.7. The van der Waals surface area contributed by atoms with Crippen LogP contribution in [0.3, 0.4) is 0 Å². The Bertz CT molecular complexity index is 1690. The predicted molar refractivity (Wildman–Crippen MR) is 268 cm³/mol. The molecule has 0 rings (SSSR count). The van der Waals surface area contributed by atoms with E-state index in [0.29, 0.717) is 24.5 Å². The lowest BCUT2D eigenvalue weighted by molar-refractivity contribution is -0.193. The molecule has 414 valence electrons. The molecular formula is C45H86N8O16S2. The third kappa shape index (κ3) is 35.8. The fourth-order valence-electron chi connectivity index (χ4n) is 4.97. The lowest BCUT2D eigenvalue weighted by atomic mass is 10.1. The summed E-state index contributed by atoms with van der Waals surface area (Å²) in [5.74, 6) is -2.50. The number of esters is 3. The summed E-state index contributed by atoms with van der Waals surface area (Å²) in [6.07, 6.45) is -4.35. The van der Waals surface area contributed by atoms with Crippen molar-refractivity contribution in [3.63, 3.8) is 0 Å². The van der Waals surface area contributed by atoms with Crippen LogP contribution in [0.4, 0.5) is 14.4 Å². The monoisotopic (exact) mass is 1060 g/mol. The highest BCUT2D eigenvalue weighted by Crippen LogP contribution is 2.22. The number of amides is 3. The largest absolute Gasteiger partial charge is 0.480 e. The van der Waals surface area contributed by atoms with Crippen molar-refractivity contribution in [1.82, 2.24) is 42.3 Å². The lowest BCUT2D eigenvalue weighted by Gasteiger charge is -2.35. The van der Waals surface area contributed by atoms with Gasteiger partial charge in [-0.25, -0.2) is 33.6 Å². The molecule has 0 saturated carbocycles. The van der Waals surface area contributed by atoms with Crippen LogP contribution in [0.25, 0.3) is 0 Å². The molecule has 3 unspecified atom stereocenters. The second-order valence-corrected chi connectivity index (χ2v) is 24.5. The molecule has 24 nitrogen and oxygen atoms in total. The Morgan fingerprint density at radius 1 is 0.549 bits per heavy atom. The summed E-state index contributed by atoms with van der Waals surface area (Å²) < 4.78 is 38.5. The Hall–Kier alpha value is -3.89. The third-order valence-corrected chi connectivity index (χ3v) is 10.0. The van der Waals surface area contributed by atoms with Gasteiger partial charge in [0, 0.05) is 31.0 Å². The van der Waals surface area contributed by atoms with Gasteiger partial charge in [-0.15, -0.1) is 0 Å². The van der Waals surface area contributed by atoms with Gasteiger partial charge in [-0.2, -0.15) is 5.48 Å². The number of hydrogen-bond acceptors (Lipinski definition) is 22. The lowest BCUT2D eigenvalue weighted by Crippen LogP contribution is -2.61. The number of nitrogens with zero attached hydrogens (tertiary/aromatic N) is 1. The normalized spacial score (nSPS) is 14.2. The Morgan fingerprint density at radius 3 is 1.54 bits per heavy atom. The minimum Gasteiger partial charge on any atom is -0.480 e. The Balaban J connectivity index is 5.64. The number of carbonyl (C=O) groups is 7. The standard InChI is InChI=1S/C45H86N8O16S2/c1-39(2,3)64-33(56)31(46-21-20-45(62-26-30(54)55,35(58)66-41(7,8)9)51-27-48-36(59)67-42(10,11)12)47-22-25-71-70-24-19-23-63-52-32(34(57)65-40(4,5)6)49-28-53(38(61)69-44(16,17)18)29-50-37(60)68-43(13,14)15/h31-32,46-47,49,51-52H,19-29H2,1-18H3,(H,48,59)(H,50,60)(H,54,55). The average molecular weight is 1060 g/mol. The van der Waals surface area contributed by atoms with Crippen LogP contribution >= 0.6 is 21.6 Å². The molecule has 26 heteroatoms.